The van der Waals surface area contributed by atoms with Gasteiger partial charge in [0.25, 0.3) is 5.91 Å². The molecule has 2 aliphatic heterocycles. The number of anilines is 1. The Morgan fingerprint density at radius 3 is 2.71 bits per heavy atom. The van der Waals surface area contributed by atoms with Crippen molar-refractivity contribution in [1.29, 1.82) is 0 Å². The summed E-state index contributed by atoms with van der Waals surface area (Å²) in [5, 5.41) is 2.89. The number of carbonyl (C=O) groups is 2. The predicted octanol–water partition coefficient (Wildman–Crippen LogP) is 2.92. The van der Waals surface area contributed by atoms with Gasteiger partial charge in [-0.1, -0.05) is 36.4 Å². The molecule has 5 rings (SSSR count). The second kappa shape index (κ2) is 8.26. The molecule has 31 heavy (non-hydrogen) atoms. The van der Waals surface area contributed by atoms with Crippen molar-refractivity contribution in [3.8, 4) is 11.4 Å². The highest BCUT2D eigenvalue weighted by Gasteiger charge is 2.32. The summed E-state index contributed by atoms with van der Waals surface area (Å²) in [5.74, 6) is 1.06. The quantitative estimate of drug-likeness (QED) is 0.662. The maximum Gasteiger partial charge on any atom is 0.270 e. The molecule has 2 aromatic heterocycles. The molecule has 7 heteroatoms. The summed E-state index contributed by atoms with van der Waals surface area (Å²) >= 11 is 0. The van der Waals surface area contributed by atoms with Gasteiger partial charge in [0.05, 0.1) is 0 Å². The number of nitrogens with zero attached hydrogens (tertiary/aromatic N) is 4. The molecular formula is C24H23N5O2. The van der Waals surface area contributed by atoms with Gasteiger partial charge in [-0.25, -0.2) is 9.97 Å². The minimum absolute atomic E-state index is 0.0641. The largest absolute Gasteiger partial charge is 0.356 e. The number of Topliss-reactive ketones (excluding diaryl/α,β-unsaturated/α-hetero) is 1. The molecule has 1 unspecified atom stereocenters. The standard InChI is InChI=1S/C24H23N5O2/c30-21(19-10-4-5-12-25-19)17-9-6-14-29(15-17)23-18-11-13-26-24(31)20(18)27-22(28-23)16-7-2-1-3-8-16/h1-5,7-8,10,12,17H,6,9,11,13-15H2,(H,26,31). The summed E-state index contributed by atoms with van der Waals surface area (Å²) in [6, 6.07) is 15.1. The van der Waals surface area contributed by atoms with Crippen LogP contribution < -0.4 is 10.2 Å². The van der Waals surface area contributed by atoms with E-state index in [0.717, 1.165) is 36.3 Å². The number of rotatable bonds is 4. The first kappa shape index (κ1) is 19.4. The highest BCUT2D eigenvalue weighted by atomic mass is 16.2. The Balaban J connectivity index is 1.52. The third kappa shape index (κ3) is 3.79. The summed E-state index contributed by atoms with van der Waals surface area (Å²) in [5.41, 5.74) is 2.68. The lowest BCUT2D eigenvalue weighted by Crippen LogP contribution is -2.42. The summed E-state index contributed by atoms with van der Waals surface area (Å²) in [4.78, 5) is 41.5. The van der Waals surface area contributed by atoms with Crippen molar-refractivity contribution in [2.45, 2.75) is 19.3 Å². The van der Waals surface area contributed by atoms with E-state index < -0.39 is 0 Å². The van der Waals surface area contributed by atoms with E-state index in [-0.39, 0.29) is 17.6 Å². The lowest BCUT2D eigenvalue weighted by atomic mass is 9.91. The van der Waals surface area contributed by atoms with Crippen molar-refractivity contribution < 1.29 is 9.59 Å². The van der Waals surface area contributed by atoms with Gasteiger partial charge in [-0.2, -0.15) is 0 Å². The van der Waals surface area contributed by atoms with Gasteiger partial charge in [-0.15, -0.1) is 0 Å². The Morgan fingerprint density at radius 2 is 1.90 bits per heavy atom. The van der Waals surface area contributed by atoms with Crippen LogP contribution in [0.4, 0.5) is 5.82 Å². The van der Waals surface area contributed by atoms with Gasteiger partial charge < -0.3 is 10.2 Å². The molecule has 1 N–H and O–H groups in total. The molecule has 1 atom stereocenters. The van der Waals surface area contributed by atoms with Gasteiger partial charge in [0.2, 0.25) is 0 Å². The Morgan fingerprint density at radius 1 is 1.06 bits per heavy atom. The first-order chi connectivity index (χ1) is 15.2. The smallest absolute Gasteiger partial charge is 0.270 e. The Hall–Kier alpha value is -3.61. The third-order valence-electron chi connectivity index (χ3n) is 5.90. The van der Waals surface area contributed by atoms with E-state index in [1.54, 1.807) is 12.3 Å². The zero-order valence-corrected chi connectivity index (χ0v) is 17.1. The monoisotopic (exact) mass is 413 g/mol. The van der Waals surface area contributed by atoms with Crippen LogP contribution in [0.25, 0.3) is 11.4 Å². The van der Waals surface area contributed by atoms with E-state index in [9.17, 15) is 9.59 Å². The fourth-order valence-electron chi connectivity index (χ4n) is 4.35. The Kier molecular flexibility index (Phi) is 5.16. The van der Waals surface area contributed by atoms with Crippen LogP contribution >= 0.6 is 0 Å². The molecule has 0 spiro atoms. The summed E-state index contributed by atoms with van der Waals surface area (Å²) in [6.45, 7) is 1.93. The zero-order chi connectivity index (χ0) is 21.2. The number of nitrogens with one attached hydrogen (secondary N) is 1. The second-order valence-corrected chi connectivity index (χ2v) is 7.93. The SMILES string of the molecule is O=C1NCCc2c1nc(-c1ccccc1)nc2N1CCCC(C(=O)c2ccccn2)C1. The minimum atomic E-state index is -0.166. The number of hydrogen-bond acceptors (Lipinski definition) is 6. The predicted molar refractivity (Wildman–Crippen MR) is 117 cm³/mol. The molecule has 3 aromatic rings. The van der Waals surface area contributed by atoms with Crippen LogP contribution in [0.15, 0.2) is 54.7 Å². The van der Waals surface area contributed by atoms with E-state index in [2.05, 4.69) is 20.2 Å². The van der Waals surface area contributed by atoms with Crippen LogP contribution in [0.5, 0.6) is 0 Å². The normalized spacial score (nSPS) is 18.3. The number of pyridine rings is 1. The lowest BCUT2D eigenvalue weighted by molar-refractivity contribution is 0.0899. The lowest BCUT2D eigenvalue weighted by Gasteiger charge is -2.35. The number of carbonyl (C=O) groups excluding carboxylic acids is 2. The van der Waals surface area contributed by atoms with Crippen molar-refractivity contribution in [2.75, 3.05) is 24.5 Å². The van der Waals surface area contributed by atoms with Crippen LogP contribution in [0.2, 0.25) is 0 Å². The Bertz CT molecular complexity index is 1120. The van der Waals surface area contributed by atoms with Gasteiger partial charge in [0, 0.05) is 42.9 Å². The molecule has 7 nitrogen and oxygen atoms in total. The van der Waals surface area contributed by atoms with Crippen LogP contribution in [-0.4, -0.2) is 46.3 Å². The van der Waals surface area contributed by atoms with Crippen LogP contribution in [0.1, 0.15) is 39.4 Å². The van der Waals surface area contributed by atoms with E-state index in [4.69, 9.17) is 4.98 Å². The fraction of sp³-hybridized carbons (Fsp3) is 0.292. The number of piperidine rings is 1. The van der Waals surface area contributed by atoms with E-state index in [0.29, 0.717) is 36.7 Å². The first-order valence-electron chi connectivity index (χ1n) is 10.7. The second-order valence-electron chi connectivity index (χ2n) is 7.93. The molecule has 1 amide bonds. The first-order valence-corrected chi connectivity index (χ1v) is 10.7. The highest BCUT2D eigenvalue weighted by Crippen LogP contribution is 2.31. The van der Waals surface area contributed by atoms with Crippen LogP contribution in [0.3, 0.4) is 0 Å². The number of ketones is 1. The van der Waals surface area contributed by atoms with Gasteiger partial charge in [0.15, 0.2) is 11.6 Å². The molecule has 0 bridgehead atoms. The molecule has 0 saturated carbocycles. The number of hydrogen-bond donors (Lipinski definition) is 1. The van der Waals surface area contributed by atoms with Crippen molar-refractivity contribution in [3.05, 3.63) is 71.7 Å². The molecule has 4 heterocycles. The highest BCUT2D eigenvalue weighted by molar-refractivity contribution is 5.97. The van der Waals surface area contributed by atoms with Crippen LogP contribution in [-0.2, 0) is 6.42 Å². The average Bonchev–Trinajstić information content (AvgIpc) is 2.84. The average molecular weight is 413 g/mol. The Labute approximate surface area is 180 Å². The summed E-state index contributed by atoms with van der Waals surface area (Å²) in [6.07, 6.45) is 4.04. The van der Waals surface area contributed by atoms with Gasteiger partial charge in [-0.05, 0) is 31.4 Å². The third-order valence-corrected chi connectivity index (χ3v) is 5.90. The van der Waals surface area contributed by atoms with E-state index in [1.165, 1.54) is 0 Å². The summed E-state index contributed by atoms with van der Waals surface area (Å²) < 4.78 is 0. The number of amides is 1. The van der Waals surface area contributed by atoms with Crippen molar-refractivity contribution in [1.82, 2.24) is 20.3 Å². The maximum absolute atomic E-state index is 13.0. The van der Waals surface area contributed by atoms with Crippen LogP contribution in [0, 0.1) is 5.92 Å². The zero-order valence-electron chi connectivity index (χ0n) is 17.1. The molecule has 1 aromatic carbocycles. The fourth-order valence-corrected chi connectivity index (χ4v) is 4.35. The van der Waals surface area contributed by atoms with Crippen molar-refractivity contribution in [3.63, 3.8) is 0 Å². The minimum Gasteiger partial charge on any atom is -0.356 e. The topological polar surface area (TPSA) is 88.1 Å². The van der Waals surface area contributed by atoms with Crippen molar-refractivity contribution in [2.24, 2.45) is 5.92 Å². The number of benzene rings is 1. The van der Waals surface area contributed by atoms with Gasteiger partial charge in [-0.3, -0.25) is 14.6 Å². The summed E-state index contributed by atoms with van der Waals surface area (Å²) in [7, 11) is 0. The molecular weight excluding hydrogens is 390 g/mol. The van der Waals surface area contributed by atoms with E-state index in [1.807, 2.05) is 42.5 Å². The molecule has 0 aliphatic carbocycles. The number of fused-ring (bicyclic) bond motifs is 1. The maximum atomic E-state index is 13.0. The van der Waals surface area contributed by atoms with Gasteiger partial charge in [0.1, 0.15) is 17.2 Å². The molecule has 156 valence electrons. The van der Waals surface area contributed by atoms with E-state index >= 15 is 0 Å². The van der Waals surface area contributed by atoms with Crippen molar-refractivity contribution >= 4 is 17.5 Å². The molecule has 0 radical (unpaired) electrons. The molecule has 1 saturated heterocycles. The number of aromatic nitrogens is 3. The van der Waals surface area contributed by atoms with Gasteiger partial charge >= 0.3 is 0 Å². The molecule has 1 fully saturated rings. The molecule has 2 aliphatic rings.